The van der Waals surface area contributed by atoms with E-state index >= 15 is 0 Å². The smallest absolute Gasteiger partial charge is 0.343 e. The Hall–Kier alpha value is -3.19. The maximum Gasteiger partial charge on any atom is 0.343 e. The molecule has 0 aliphatic carbocycles. The van der Waals surface area contributed by atoms with Gasteiger partial charge in [-0.15, -0.1) is 0 Å². The van der Waals surface area contributed by atoms with E-state index in [0.717, 1.165) is 34.9 Å². The average molecular weight is 406 g/mol. The number of aryl methyl sites for hydroxylation is 1. The Morgan fingerprint density at radius 3 is 2.73 bits per heavy atom. The van der Waals surface area contributed by atoms with Gasteiger partial charge in [0.2, 0.25) is 0 Å². The van der Waals surface area contributed by atoms with Crippen molar-refractivity contribution in [1.29, 1.82) is 0 Å². The van der Waals surface area contributed by atoms with Gasteiger partial charge in [0.1, 0.15) is 12.4 Å². The number of phenolic OH excluding ortho intramolecular Hbond substituents is 1. The van der Waals surface area contributed by atoms with Gasteiger partial charge < -0.3 is 19.5 Å². The lowest BCUT2D eigenvalue weighted by molar-refractivity contribution is -0.172. The third kappa shape index (κ3) is 2.38. The molecule has 0 saturated heterocycles. The van der Waals surface area contributed by atoms with Gasteiger partial charge in [0.05, 0.1) is 29.0 Å². The molecule has 0 radical (unpaired) electrons. The maximum atomic E-state index is 13.3. The molecule has 2 aliphatic heterocycles. The second-order valence-electron chi connectivity index (χ2n) is 7.97. The van der Waals surface area contributed by atoms with E-state index in [1.165, 1.54) is 0 Å². The minimum Gasteiger partial charge on any atom is -0.508 e. The highest BCUT2D eigenvalue weighted by Crippen LogP contribution is 2.40. The van der Waals surface area contributed by atoms with Crippen molar-refractivity contribution >= 4 is 16.9 Å². The number of pyridine rings is 2. The summed E-state index contributed by atoms with van der Waals surface area (Å²) in [5.41, 5.74) is 2.56. The zero-order valence-electron chi connectivity index (χ0n) is 16.9. The summed E-state index contributed by atoms with van der Waals surface area (Å²) in [5.74, 6) is -0.554. The van der Waals surface area contributed by atoms with Crippen molar-refractivity contribution in [1.82, 2.24) is 9.55 Å². The van der Waals surface area contributed by atoms with Crippen LogP contribution in [0.3, 0.4) is 0 Å². The number of hydrogen-bond donors (Lipinski definition) is 2. The summed E-state index contributed by atoms with van der Waals surface area (Å²) in [6, 6.07) is 6.80. The molecule has 7 heteroatoms. The molecule has 0 saturated carbocycles. The molecule has 0 fully saturated rings. The number of benzene rings is 1. The molecule has 5 rings (SSSR count). The molecule has 2 aliphatic rings. The first-order valence-corrected chi connectivity index (χ1v) is 10.2. The van der Waals surface area contributed by atoms with E-state index in [1.807, 2.05) is 0 Å². The number of ether oxygens (including phenoxy) is 1. The van der Waals surface area contributed by atoms with E-state index in [1.54, 1.807) is 35.8 Å². The molecule has 1 atom stereocenters. The van der Waals surface area contributed by atoms with Gasteiger partial charge in [0.15, 0.2) is 5.60 Å². The minimum atomic E-state index is -1.83. The molecule has 154 valence electrons. The van der Waals surface area contributed by atoms with Crippen LogP contribution in [0.15, 0.2) is 29.1 Å². The highest BCUT2D eigenvalue weighted by atomic mass is 16.6. The van der Waals surface area contributed by atoms with Gasteiger partial charge in [-0.2, -0.15) is 0 Å². The largest absolute Gasteiger partial charge is 0.508 e. The number of aromatic hydroxyl groups is 1. The van der Waals surface area contributed by atoms with E-state index in [-0.39, 0.29) is 24.3 Å². The van der Waals surface area contributed by atoms with Crippen LogP contribution in [-0.2, 0) is 34.7 Å². The molecule has 3 aromatic rings. The number of nitrogens with zero attached hydrogens (tertiary/aromatic N) is 2. The third-order valence-electron chi connectivity index (χ3n) is 6.29. The van der Waals surface area contributed by atoms with Crippen molar-refractivity contribution in [3.63, 3.8) is 0 Å². The number of carbonyl (C=O) groups excluding carboxylic acids is 1. The quantitative estimate of drug-likeness (QED) is 0.507. The molecule has 0 unspecified atom stereocenters. The highest BCUT2D eigenvalue weighted by Gasteiger charge is 2.45. The summed E-state index contributed by atoms with van der Waals surface area (Å²) in [7, 11) is 0. The predicted octanol–water partition coefficient (Wildman–Crippen LogP) is 2.74. The van der Waals surface area contributed by atoms with E-state index in [4.69, 9.17) is 9.72 Å². The Labute approximate surface area is 172 Å². The molecule has 7 nitrogen and oxygen atoms in total. The molecule has 30 heavy (non-hydrogen) atoms. The van der Waals surface area contributed by atoms with Gasteiger partial charge in [0.25, 0.3) is 5.56 Å². The molecule has 0 spiro atoms. The van der Waals surface area contributed by atoms with Gasteiger partial charge in [-0.25, -0.2) is 9.78 Å². The van der Waals surface area contributed by atoms with Crippen LogP contribution in [0, 0.1) is 0 Å². The zero-order chi connectivity index (χ0) is 21.2. The van der Waals surface area contributed by atoms with Crippen molar-refractivity contribution in [3.8, 4) is 17.1 Å². The monoisotopic (exact) mass is 406 g/mol. The van der Waals surface area contributed by atoms with E-state index < -0.39 is 11.6 Å². The Kier molecular flexibility index (Phi) is 4.02. The number of cyclic esters (lactones) is 1. The van der Waals surface area contributed by atoms with E-state index in [2.05, 4.69) is 6.92 Å². The van der Waals surface area contributed by atoms with Crippen molar-refractivity contribution in [2.24, 2.45) is 0 Å². The first kappa shape index (κ1) is 18.8. The van der Waals surface area contributed by atoms with E-state index in [9.17, 15) is 19.8 Å². The first-order chi connectivity index (χ1) is 14.4. The first-order valence-electron chi connectivity index (χ1n) is 10.2. The topological polar surface area (TPSA) is 102 Å². The van der Waals surface area contributed by atoms with Gasteiger partial charge in [-0.1, -0.05) is 20.3 Å². The van der Waals surface area contributed by atoms with Crippen LogP contribution in [0.5, 0.6) is 5.75 Å². The van der Waals surface area contributed by atoms with Gasteiger partial charge in [0, 0.05) is 16.5 Å². The molecular weight excluding hydrogens is 384 g/mol. The molecule has 2 aromatic heterocycles. The molecular formula is C23H22N2O5. The lowest BCUT2D eigenvalue weighted by Gasteiger charge is -2.31. The van der Waals surface area contributed by atoms with Gasteiger partial charge in [-0.3, -0.25) is 4.79 Å². The number of aliphatic hydroxyl groups is 1. The van der Waals surface area contributed by atoms with Crippen molar-refractivity contribution < 1.29 is 19.7 Å². The summed E-state index contributed by atoms with van der Waals surface area (Å²) >= 11 is 0. The van der Waals surface area contributed by atoms with Crippen LogP contribution in [0.4, 0.5) is 0 Å². The predicted molar refractivity (Wildman–Crippen MR) is 110 cm³/mol. The standard InChI is InChI=1S/C23H22N2O5/c1-3-5-13-14-8-12(26)6-7-18(14)24-20-15(13)10-25-19(20)9-17-16(21(25)27)11-30-22(28)23(17,29)4-2/h6-9,26,29H,3-5,10-11H2,1-2H3/t23-/m0/s1. The molecule has 0 bridgehead atoms. The van der Waals surface area contributed by atoms with Crippen LogP contribution in [-0.4, -0.2) is 25.7 Å². The fourth-order valence-corrected chi connectivity index (χ4v) is 4.69. The second-order valence-corrected chi connectivity index (χ2v) is 7.97. The second kappa shape index (κ2) is 6.40. The number of rotatable bonds is 3. The number of aromatic nitrogens is 2. The Bertz CT molecular complexity index is 1290. The maximum absolute atomic E-state index is 13.3. The molecule has 2 N–H and O–H groups in total. The third-order valence-corrected chi connectivity index (χ3v) is 6.29. The number of carbonyl (C=O) groups is 1. The lowest BCUT2D eigenvalue weighted by Crippen LogP contribution is -2.44. The van der Waals surface area contributed by atoms with Crippen LogP contribution < -0.4 is 5.56 Å². The SMILES string of the molecule is CCCc1c2c(nc3ccc(O)cc13)-c1cc3c(c(=O)n1C2)COC(=O)[C@]3(O)CC. The van der Waals surface area contributed by atoms with Crippen LogP contribution in [0.1, 0.15) is 48.9 Å². The summed E-state index contributed by atoms with van der Waals surface area (Å²) in [4.78, 5) is 30.4. The number of esters is 1. The van der Waals surface area contributed by atoms with Crippen LogP contribution in [0.2, 0.25) is 0 Å². The van der Waals surface area contributed by atoms with E-state index in [0.29, 0.717) is 29.1 Å². The van der Waals surface area contributed by atoms with Crippen molar-refractivity contribution in [2.75, 3.05) is 0 Å². The Morgan fingerprint density at radius 1 is 1.20 bits per heavy atom. The lowest BCUT2D eigenvalue weighted by atomic mass is 9.86. The summed E-state index contributed by atoms with van der Waals surface area (Å²) in [6.45, 7) is 3.99. The zero-order valence-corrected chi connectivity index (χ0v) is 16.9. The summed E-state index contributed by atoms with van der Waals surface area (Å²) in [5, 5.41) is 21.8. The van der Waals surface area contributed by atoms with Crippen LogP contribution in [0.25, 0.3) is 22.3 Å². The Balaban J connectivity index is 1.83. The summed E-state index contributed by atoms with van der Waals surface area (Å²) in [6.07, 6.45) is 1.80. The Morgan fingerprint density at radius 2 is 2.00 bits per heavy atom. The number of fused-ring (bicyclic) bond motifs is 5. The average Bonchev–Trinajstić information content (AvgIpc) is 3.10. The van der Waals surface area contributed by atoms with Crippen molar-refractivity contribution in [3.05, 3.63) is 56.9 Å². The number of hydrogen-bond acceptors (Lipinski definition) is 6. The fourth-order valence-electron chi connectivity index (χ4n) is 4.69. The minimum absolute atomic E-state index is 0.111. The fraction of sp³-hybridized carbons (Fsp3) is 0.348. The summed E-state index contributed by atoms with van der Waals surface area (Å²) < 4.78 is 6.76. The number of phenols is 1. The normalized spacial score (nSPS) is 19.4. The van der Waals surface area contributed by atoms with Gasteiger partial charge in [-0.05, 0) is 42.7 Å². The molecule has 4 heterocycles. The highest BCUT2D eigenvalue weighted by molar-refractivity contribution is 5.89. The van der Waals surface area contributed by atoms with Crippen molar-refractivity contribution in [2.45, 2.75) is 51.9 Å². The van der Waals surface area contributed by atoms with Crippen LogP contribution >= 0.6 is 0 Å². The molecule has 1 aromatic carbocycles. The van der Waals surface area contributed by atoms with Gasteiger partial charge >= 0.3 is 5.97 Å². The molecule has 0 amide bonds.